The Morgan fingerprint density at radius 3 is 2.27 bits per heavy atom. The summed E-state index contributed by atoms with van der Waals surface area (Å²) in [6, 6.07) is 10.9. The molecule has 1 atom stereocenters. The van der Waals surface area contributed by atoms with Gasteiger partial charge in [0.25, 0.3) is 0 Å². The number of ether oxygens (including phenoxy) is 3. The number of methoxy groups -OCH3 is 1. The molecule has 0 saturated carbocycles. The molecule has 0 unspecified atom stereocenters. The molecule has 202 valence electrons. The molecule has 10 nitrogen and oxygen atoms in total. The van der Waals surface area contributed by atoms with Gasteiger partial charge < -0.3 is 24.4 Å². The van der Waals surface area contributed by atoms with Crippen molar-refractivity contribution in [3.63, 3.8) is 0 Å². The Hall–Kier alpha value is -3.47. The third kappa shape index (κ3) is 7.06. The Labute approximate surface area is 218 Å². The van der Waals surface area contributed by atoms with Crippen LogP contribution in [0.4, 0.5) is 5.69 Å². The van der Waals surface area contributed by atoms with E-state index in [9.17, 15) is 18.0 Å². The molecular weight excluding hydrogens is 498 g/mol. The maximum Gasteiger partial charge on any atom is 0.244 e. The van der Waals surface area contributed by atoms with Gasteiger partial charge in [-0.05, 0) is 57.5 Å². The minimum absolute atomic E-state index is 0.108. The van der Waals surface area contributed by atoms with Crippen molar-refractivity contribution in [3.05, 3.63) is 48.0 Å². The summed E-state index contributed by atoms with van der Waals surface area (Å²) in [5.74, 6) is 0.514. The molecule has 0 aliphatic carbocycles. The molecule has 1 N–H and O–H groups in total. The normalized spacial score (nSPS) is 13.6. The maximum absolute atomic E-state index is 13.7. The molecule has 0 bridgehead atoms. The van der Waals surface area contributed by atoms with Crippen molar-refractivity contribution in [2.24, 2.45) is 0 Å². The van der Waals surface area contributed by atoms with Crippen LogP contribution in [0.5, 0.6) is 17.2 Å². The second kappa shape index (κ2) is 12.2. The van der Waals surface area contributed by atoms with Crippen molar-refractivity contribution in [1.82, 2.24) is 10.2 Å². The lowest BCUT2D eigenvalue weighted by molar-refractivity contribution is -0.139. The summed E-state index contributed by atoms with van der Waals surface area (Å²) in [5.41, 5.74) is 1.05. The van der Waals surface area contributed by atoms with Crippen molar-refractivity contribution in [1.29, 1.82) is 0 Å². The lowest BCUT2D eigenvalue weighted by Gasteiger charge is -2.32. The third-order valence-corrected chi connectivity index (χ3v) is 7.64. The molecule has 11 heteroatoms. The topological polar surface area (TPSA) is 114 Å². The van der Waals surface area contributed by atoms with Crippen molar-refractivity contribution in [3.8, 4) is 17.2 Å². The molecule has 0 spiro atoms. The average molecular weight is 534 g/mol. The van der Waals surface area contributed by atoms with Crippen LogP contribution >= 0.6 is 0 Å². The van der Waals surface area contributed by atoms with Crippen molar-refractivity contribution in [2.75, 3.05) is 36.9 Å². The zero-order valence-corrected chi connectivity index (χ0v) is 22.7. The first-order valence-electron chi connectivity index (χ1n) is 12.2. The van der Waals surface area contributed by atoms with Crippen LogP contribution in [-0.4, -0.2) is 69.8 Å². The van der Waals surface area contributed by atoms with Gasteiger partial charge in [0.15, 0.2) is 11.5 Å². The minimum Gasteiger partial charge on any atom is -0.497 e. The Morgan fingerprint density at radius 2 is 1.68 bits per heavy atom. The fraction of sp³-hybridized carbons (Fsp3) is 0.462. The molecule has 1 aliphatic rings. The second-order valence-electron chi connectivity index (χ2n) is 8.94. The average Bonchev–Trinajstić information content (AvgIpc) is 2.89. The summed E-state index contributed by atoms with van der Waals surface area (Å²) in [7, 11) is -2.28. The molecule has 37 heavy (non-hydrogen) atoms. The van der Waals surface area contributed by atoms with Gasteiger partial charge in [-0.1, -0.05) is 12.1 Å². The number of sulfonamides is 1. The van der Waals surface area contributed by atoms with Crippen molar-refractivity contribution >= 4 is 27.5 Å². The molecule has 0 fully saturated rings. The number of nitrogens with zero attached hydrogens (tertiary/aromatic N) is 2. The molecule has 1 heterocycles. The van der Waals surface area contributed by atoms with Gasteiger partial charge in [0, 0.05) is 18.7 Å². The van der Waals surface area contributed by atoms with E-state index in [1.807, 2.05) is 13.8 Å². The van der Waals surface area contributed by atoms with Crippen LogP contribution < -0.4 is 23.8 Å². The molecule has 0 aromatic heterocycles. The first kappa shape index (κ1) is 28.1. The lowest BCUT2D eigenvalue weighted by atomic mass is 10.1. The van der Waals surface area contributed by atoms with E-state index in [1.165, 1.54) is 11.8 Å². The number of fused-ring (bicyclic) bond motifs is 1. The first-order chi connectivity index (χ1) is 17.6. The summed E-state index contributed by atoms with van der Waals surface area (Å²) in [5, 5.41) is 2.83. The molecule has 3 rings (SSSR count). The number of anilines is 1. The largest absolute Gasteiger partial charge is 0.497 e. The fourth-order valence-electron chi connectivity index (χ4n) is 3.82. The fourth-order valence-corrected chi connectivity index (χ4v) is 4.88. The predicted molar refractivity (Wildman–Crippen MR) is 141 cm³/mol. The van der Waals surface area contributed by atoms with Gasteiger partial charge in [0.05, 0.1) is 18.6 Å². The predicted octanol–water partition coefficient (Wildman–Crippen LogP) is 2.56. The van der Waals surface area contributed by atoms with Crippen molar-refractivity contribution < 1.29 is 32.2 Å². The van der Waals surface area contributed by atoms with E-state index in [4.69, 9.17) is 14.2 Å². The van der Waals surface area contributed by atoms with Gasteiger partial charge in [-0.2, -0.15) is 0 Å². The highest BCUT2D eigenvalue weighted by Crippen LogP contribution is 2.35. The summed E-state index contributed by atoms with van der Waals surface area (Å²) >= 11 is 0. The summed E-state index contributed by atoms with van der Waals surface area (Å²) in [6.45, 7) is 7.17. The van der Waals surface area contributed by atoms with Gasteiger partial charge in [-0.15, -0.1) is 0 Å². The standard InChI is InChI=1S/C26H35N3O7S/c1-6-37(32,33)29(21-9-12-23-24(15-21)36-14-13-35-23)17-25(30)28(19(4)26(31)27-18(2)3)16-20-7-10-22(34-5)11-8-20/h7-12,15,18-19H,6,13-14,16-17H2,1-5H3,(H,27,31)/t19-/m0/s1. The molecule has 2 aromatic rings. The molecule has 0 radical (unpaired) electrons. The van der Waals surface area contributed by atoms with E-state index < -0.39 is 28.5 Å². The van der Waals surface area contributed by atoms with E-state index in [1.54, 1.807) is 56.5 Å². The highest BCUT2D eigenvalue weighted by Gasteiger charge is 2.31. The Balaban J connectivity index is 1.94. The lowest BCUT2D eigenvalue weighted by Crippen LogP contribution is -2.52. The van der Waals surface area contributed by atoms with Gasteiger partial charge in [-0.25, -0.2) is 8.42 Å². The molecule has 2 amide bonds. The Morgan fingerprint density at radius 1 is 1.03 bits per heavy atom. The smallest absolute Gasteiger partial charge is 0.244 e. The Kier molecular flexibility index (Phi) is 9.25. The minimum atomic E-state index is -3.84. The second-order valence-corrected chi connectivity index (χ2v) is 11.1. The van der Waals surface area contributed by atoms with E-state index in [0.29, 0.717) is 30.5 Å². The van der Waals surface area contributed by atoms with Gasteiger partial charge in [0.2, 0.25) is 21.8 Å². The van der Waals surface area contributed by atoms with Gasteiger partial charge in [-0.3, -0.25) is 13.9 Å². The molecule has 2 aromatic carbocycles. The van der Waals surface area contributed by atoms with E-state index in [0.717, 1.165) is 9.87 Å². The van der Waals surface area contributed by atoms with Crippen LogP contribution in [0.1, 0.15) is 33.3 Å². The van der Waals surface area contributed by atoms with Crippen LogP contribution in [-0.2, 0) is 26.2 Å². The SMILES string of the molecule is CCS(=O)(=O)N(CC(=O)N(Cc1ccc(OC)cc1)[C@@H](C)C(=O)NC(C)C)c1ccc2c(c1)OCCO2. The zero-order chi connectivity index (χ0) is 27.2. The quantitative estimate of drug-likeness (QED) is 0.472. The van der Waals surface area contributed by atoms with Gasteiger partial charge >= 0.3 is 0 Å². The number of rotatable bonds is 11. The summed E-state index contributed by atoms with van der Waals surface area (Å²) < 4.78 is 43.6. The molecule has 0 saturated heterocycles. The van der Waals surface area contributed by atoms with E-state index >= 15 is 0 Å². The number of amides is 2. The number of carbonyl (C=O) groups excluding carboxylic acids is 2. The number of benzene rings is 2. The first-order valence-corrected chi connectivity index (χ1v) is 13.8. The number of hydrogen-bond acceptors (Lipinski definition) is 7. The van der Waals surface area contributed by atoms with Gasteiger partial charge in [0.1, 0.15) is 31.5 Å². The summed E-state index contributed by atoms with van der Waals surface area (Å²) in [6.07, 6.45) is 0. The van der Waals surface area contributed by atoms with Crippen LogP contribution in [0.25, 0.3) is 0 Å². The van der Waals surface area contributed by atoms with Crippen LogP contribution in [0.2, 0.25) is 0 Å². The molecule has 1 aliphatic heterocycles. The zero-order valence-electron chi connectivity index (χ0n) is 21.9. The van der Waals surface area contributed by atoms with E-state index in [-0.39, 0.29) is 29.9 Å². The van der Waals surface area contributed by atoms with Crippen LogP contribution in [0.3, 0.4) is 0 Å². The number of carbonyl (C=O) groups is 2. The van der Waals surface area contributed by atoms with Crippen molar-refractivity contribution in [2.45, 2.75) is 46.3 Å². The van der Waals surface area contributed by atoms with Crippen LogP contribution in [0.15, 0.2) is 42.5 Å². The monoisotopic (exact) mass is 533 g/mol. The highest BCUT2D eigenvalue weighted by molar-refractivity contribution is 7.92. The number of hydrogen-bond donors (Lipinski definition) is 1. The van der Waals surface area contributed by atoms with E-state index in [2.05, 4.69) is 5.32 Å². The number of nitrogens with one attached hydrogen (secondary N) is 1. The maximum atomic E-state index is 13.7. The van der Waals surface area contributed by atoms with Crippen LogP contribution in [0, 0.1) is 0 Å². The highest BCUT2D eigenvalue weighted by atomic mass is 32.2. The molecular formula is C26H35N3O7S. The third-order valence-electron chi connectivity index (χ3n) is 5.90. The Bertz CT molecular complexity index is 1200. The summed E-state index contributed by atoms with van der Waals surface area (Å²) in [4.78, 5) is 28.0.